The molecule has 2 aromatic rings. The second-order valence-corrected chi connectivity index (χ2v) is 6.84. The average Bonchev–Trinajstić information content (AvgIpc) is 3.01. The molecule has 6 heteroatoms. The standard InChI is InChI=1S/C20H26N4O2/c1-3-11-24-18(13-15(2)22-24)21-20(26)23-12-7-10-17(14-23)19(25)16-8-5-4-6-9-16/h4-6,8-9,13,17H,3,7,10-12,14H2,1-2H3,(H,21,26). The van der Waals surface area contributed by atoms with Crippen molar-refractivity contribution in [2.24, 2.45) is 5.92 Å². The van der Waals surface area contributed by atoms with Gasteiger partial charge in [-0.1, -0.05) is 37.3 Å². The normalized spacial score (nSPS) is 17.2. The average molecular weight is 354 g/mol. The lowest BCUT2D eigenvalue weighted by Gasteiger charge is -2.32. The third-order valence-corrected chi connectivity index (χ3v) is 4.71. The summed E-state index contributed by atoms with van der Waals surface area (Å²) in [5.74, 6) is 0.694. The van der Waals surface area contributed by atoms with Gasteiger partial charge in [0, 0.05) is 37.2 Å². The molecule has 0 radical (unpaired) electrons. The van der Waals surface area contributed by atoms with Gasteiger partial charge in [-0.05, 0) is 26.2 Å². The van der Waals surface area contributed by atoms with Gasteiger partial charge in [-0.3, -0.25) is 10.1 Å². The Morgan fingerprint density at radius 2 is 2.04 bits per heavy atom. The molecular formula is C20H26N4O2. The first-order valence-corrected chi connectivity index (χ1v) is 9.28. The van der Waals surface area contributed by atoms with E-state index in [1.165, 1.54) is 0 Å². The third kappa shape index (κ3) is 4.12. The van der Waals surface area contributed by atoms with E-state index in [4.69, 9.17) is 0 Å². The maximum Gasteiger partial charge on any atom is 0.323 e. The largest absolute Gasteiger partial charge is 0.324 e. The molecule has 138 valence electrons. The number of urea groups is 1. The van der Waals surface area contributed by atoms with Crippen molar-refractivity contribution >= 4 is 17.6 Å². The van der Waals surface area contributed by atoms with Crippen LogP contribution in [-0.4, -0.2) is 39.6 Å². The number of aryl methyl sites for hydroxylation is 2. The lowest BCUT2D eigenvalue weighted by molar-refractivity contribution is 0.0851. The summed E-state index contributed by atoms with van der Waals surface area (Å²) in [7, 11) is 0. The fourth-order valence-corrected chi connectivity index (χ4v) is 3.43. The van der Waals surface area contributed by atoms with Crippen LogP contribution < -0.4 is 5.32 Å². The number of anilines is 1. The fourth-order valence-electron chi connectivity index (χ4n) is 3.43. The molecule has 1 atom stereocenters. The van der Waals surface area contributed by atoms with Gasteiger partial charge >= 0.3 is 6.03 Å². The minimum absolute atomic E-state index is 0.120. The number of piperidine rings is 1. The van der Waals surface area contributed by atoms with Crippen molar-refractivity contribution in [2.45, 2.75) is 39.7 Å². The van der Waals surface area contributed by atoms with E-state index in [1.807, 2.05) is 48.0 Å². The highest BCUT2D eigenvalue weighted by molar-refractivity contribution is 5.98. The van der Waals surface area contributed by atoms with Crippen LogP contribution in [0.2, 0.25) is 0 Å². The highest BCUT2D eigenvalue weighted by Crippen LogP contribution is 2.22. The summed E-state index contributed by atoms with van der Waals surface area (Å²) < 4.78 is 1.82. The number of nitrogens with zero attached hydrogens (tertiary/aromatic N) is 3. The van der Waals surface area contributed by atoms with E-state index >= 15 is 0 Å². The van der Waals surface area contributed by atoms with Crippen molar-refractivity contribution in [3.05, 3.63) is 47.7 Å². The third-order valence-electron chi connectivity index (χ3n) is 4.71. The van der Waals surface area contributed by atoms with Gasteiger partial charge in [0.25, 0.3) is 0 Å². The molecule has 6 nitrogen and oxygen atoms in total. The lowest BCUT2D eigenvalue weighted by atomic mass is 9.90. The smallest absolute Gasteiger partial charge is 0.323 e. The number of carbonyl (C=O) groups is 2. The predicted octanol–water partition coefficient (Wildman–Crippen LogP) is 3.73. The number of hydrogen-bond donors (Lipinski definition) is 1. The van der Waals surface area contributed by atoms with Crippen LogP contribution in [0.4, 0.5) is 10.6 Å². The molecule has 1 fully saturated rings. The number of hydrogen-bond acceptors (Lipinski definition) is 3. The Morgan fingerprint density at radius 3 is 2.77 bits per heavy atom. The molecule has 2 heterocycles. The van der Waals surface area contributed by atoms with Crippen LogP contribution in [-0.2, 0) is 6.54 Å². The molecule has 0 bridgehead atoms. The molecule has 1 aliphatic rings. The molecule has 0 aliphatic carbocycles. The number of amides is 2. The Hall–Kier alpha value is -2.63. The zero-order valence-corrected chi connectivity index (χ0v) is 15.4. The summed E-state index contributed by atoms with van der Waals surface area (Å²) in [6.07, 6.45) is 2.61. The number of ketones is 1. The van der Waals surface area contributed by atoms with Crippen molar-refractivity contribution < 1.29 is 9.59 Å². The Morgan fingerprint density at radius 1 is 1.27 bits per heavy atom. The molecule has 2 amide bonds. The predicted molar refractivity (Wildman–Crippen MR) is 101 cm³/mol. The van der Waals surface area contributed by atoms with E-state index in [9.17, 15) is 9.59 Å². The zero-order valence-electron chi connectivity index (χ0n) is 15.4. The second-order valence-electron chi connectivity index (χ2n) is 6.84. The van der Waals surface area contributed by atoms with Gasteiger partial charge in [0.1, 0.15) is 5.82 Å². The summed E-state index contributed by atoms with van der Waals surface area (Å²) in [4.78, 5) is 27.1. The quantitative estimate of drug-likeness (QED) is 0.832. The van der Waals surface area contributed by atoms with Gasteiger partial charge in [-0.15, -0.1) is 0 Å². The minimum Gasteiger partial charge on any atom is -0.324 e. The minimum atomic E-state index is -0.159. The first-order chi connectivity index (χ1) is 12.6. The molecule has 26 heavy (non-hydrogen) atoms. The van der Waals surface area contributed by atoms with Crippen molar-refractivity contribution in [1.82, 2.24) is 14.7 Å². The summed E-state index contributed by atoms with van der Waals surface area (Å²) in [6.45, 7) is 5.88. The number of carbonyl (C=O) groups excluding carboxylic acids is 2. The molecule has 1 N–H and O–H groups in total. The van der Waals surface area contributed by atoms with Gasteiger partial charge < -0.3 is 4.90 Å². The summed E-state index contributed by atoms with van der Waals surface area (Å²) in [5.41, 5.74) is 1.60. The van der Waals surface area contributed by atoms with Crippen LogP contribution in [0.3, 0.4) is 0 Å². The van der Waals surface area contributed by atoms with Crippen LogP contribution in [0.15, 0.2) is 36.4 Å². The number of benzene rings is 1. The van der Waals surface area contributed by atoms with E-state index in [1.54, 1.807) is 4.90 Å². The van der Waals surface area contributed by atoms with Crippen molar-refractivity contribution in [2.75, 3.05) is 18.4 Å². The van der Waals surface area contributed by atoms with Gasteiger partial charge in [0.2, 0.25) is 0 Å². The van der Waals surface area contributed by atoms with Crippen molar-refractivity contribution in [1.29, 1.82) is 0 Å². The number of rotatable bonds is 5. The summed E-state index contributed by atoms with van der Waals surface area (Å²) in [6, 6.07) is 11.0. The maximum absolute atomic E-state index is 12.7. The molecule has 1 saturated heterocycles. The van der Waals surface area contributed by atoms with E-state index in [0.29, 0.717) is 18.9 Å². The molecule has 0 saturated carbocycles. The molecule has 0 spiro atoms. The van der Waals surface area contributed by atoms with E-state index < -0.39 is 0 Å². The van der Waals surface area contributed by atoms with Gasteiger partial charge in [-0.2, -0.15) is 5.10 Å². The first-order valence-electron chi connectivity index (χ1n) is 9.28. The Labute approximate surface area is 154 Å². The number of nitrogens with one attached hydrogen (secondary N) is 1. The van der Waals surface area contributed by atoms with Crippen LogP contribution >= 0.6 is 0 Å². The first kappa shape index (κ1) is 18.2. The molecule has 1 aliphatic heterocycles. The number of aromatic nitrogens is 2. The SMILES string of the molecule is CCCn1nc(C)cc1NC(=O)N1CCCC(C(=O)c2ccccc2)C1. The van der Waals surface area contributed by atoms with Crippen LogP contribution in [0, 0.1) is 12.8 Å². The monoisotopic (exact) mass is 354 g/mol. The summed E-state index contributed by atoms with van der Waals surface area (Å²) >= 11 is 0. The molecule has 3 rings (SSSR count). The zero-order chi connectivity index (χ0) is 18.5. The van der Waals surface area contributed by atoms with Crippen molar-refractivity contribution in [3.8, 4) is 0 Å². The molecular weight excluding hydrogens is 328 g/mol. The van der Waals surface area contributed by atoms with Gasteiger partial charge in [0.05, 0.1) is 5.69 Å². The van der Waals surface area contributed by atoms with Crippen LogP contribution in [0.25, 0.3) is 0 Å². The Bertz CT molecular complexity index is 769. The van der Waals surface area contributed by atoms with E-state index in [0.717, 1.165) is 37.1 Å². The van der Waals surface area contributed by atoms with Crippen molar-refractivity contribution in [3.63, 3.8) is 0 Å². The fraction of sp³-hybridized carbons (Fsp3) is 0.450. The molecule has 1 unspecified atom stereocenters. The highest BCUT2D eigenvalue weighted by atomic mass is 16.2. The van der Waals surface area contributed by atoms with E-state index in [-0.39, 0.29) is 17.7 Å². The van der Waals surface area contributed by atoms with Gasteiger partial charge in [-0.25, -0.2) is 9.48 Å². The Kier molecular flexibility index (Phi) is 5.71. The van der Waals surface area contributed by atoms with Crippen LogP contribution in [0.5, 0.6) is 0 Å². The number of Topliss-reactive ketones (excluding diaryl/α,β-unsaturated/α-hetero) is 1. The van der Waals surface area contributed by atoms with E-state index in [2.05, 4.69) is 17.3 Å². The Balaban J connectivity index is 1.66. The van der Waals surface area contributed by atoms with Crippen LogP contribution in [0.1, 0.15) is 42.2 Å². The maximum atomic E-state index is 12.7. The topological polar surface area (TPSA) is 67.2 Å². The van der Waals surface area contributed by atoms with Gasteiger partial charge in [0.15, 0.2) is 5.78 Å². The molecule has 1 aromatic heterocycles. The summed E-state index contributed by atoms with van der Waals surface area (Å²) in [5, 5.41) is 7.37. The highest BCUT2D eigenvalue weighted by Gasteiger charge is 2.29. The number of likely N-dealkylation sites (tertiary alicyclic amines) is 1. The lowest BCUT2D eigenvalue weighted by Crippen LogP contribution is -2.44. The second kappa shape index (κ2) is 8.17. The molecule has 1 aromatic carbocycles.